The molecule has 2 rings (SSSR count). The number of rotatable bonds is 6. The van der Waals surface area contributed by atoms with Crippen molar-refractivity contribution >= 4 is 0 Å². The van der Waals surface area contributed by atoms with Crippen LogP contribution in [-0.4, -0.2) is 5.11 Å². The maximum atomic E-state index is 11.0. The molecule has 2 aromatic rings. The van der Waals surface area contributed by atoms with Crippen molar-refractivity contribution in [3.8, 4) is 11.5 Å². The normalized spacial score (nSPS) is 13.1. The van der Waals surface area contributed by atoms with E-state index in [1.54, 1.807) is 6.26 Å². The van der Waals surface area contributed by atoms with E-state index >= 15 is 0 Å². The molecule has 0 aliphatic heterocycles. The quantitative estimate of drug-likeness (QED) is 0.532. The maximum absolute atomic E-state index is 11.0. The summed E-state index contributed by atoms with van der Waals surface area (Å²) in [5, 5.41) is 11.0. The first-order valence-electron chi connectivity index (χ1n) is 10.3. The van der Waals surface area contributed by atoms with E-state index in [2.05, 4.69) is 72.7 Å². The van der Waals surface area contributed by atoms with Gasteiger partial charge >= 0.3 is 0 Å². The Morgan fingerprint density at radius 3 is 2.21 bits per heavy atom. The van der Waals surface area contributed by atoms with Crippen LogP contribution in [0.2, 0.25) is 0 Å². The smallest absolute Gasteiger partial charge is 0.133 e. The van der Waals surface area contributed by atoms with Crippen LogP contribution in [0.3, 0.4) is 0 Å². The van der Waals surface area contributed by atoms with Crippen molar-refractivity contribution in [2.24, 2.45) is 0 Å². The molecule has 2 aromatic carbocycles. The number of aromatic hydroxyl groups is 1. The van der Waals surface area contributed by atoms with Gasteiger partial charge < -0.3 is 9.84 Å². The molecular weight excluding hydrogens is 344 g/mol. The molecule has 0 fully saturated rings. The Morgan fingerprint density at radius 2 is 1.64 bits per heavy atom. The van der Waals surface area contributed by atoms with Crippen molar-refractivity contribution < 1.29 is 9.84 Å². The number of benzene rings is 2. The highest BCUT2D eigenvalue weighted by Crippen LogP contribution is 2.39. The summed E-state index contributed by atoms with van der Waals surface area (Å²) >= 11 is 0. The Hall–Kier alpha value is -2.22. The van der Waals surface area contributed by atoms with Crippen LogP contribution in [0.15, 0.2) is 36.6 Å². The Bertz CT molecular complexity index is 854. The lowest BCUT2D eigenvalue weighted by molar-refractivity contribution is 0.439. The second kappa shape index (κ2) is 8.86. The zero-order chi connectivity index (χ0) is 21.1. The fraction of sp³-hybridized carbons (Fsp3) is 0.462. The van der Waals surface area contributed by atoms with Crippen LogP contribution in [0.1, 0.15) is 87.3 Å². The number of phenols is 1. The molecule has 152 valence electrons. The van der Waals surface area contributed by atoms with E-state index in [0.29, 0.717) is 18.1 Å². The van der Waals surface area contributed by atoms with Gasteiger partial charge in [-0.05, 0) is 60.8 Å². The summed E-state index contributed by atoms with van der Waals surface area (Å²) in [4.78, 5) is 0. The molecule has 0 aromatic heterocycles. The van der Waals surface area contributed by atoms with E-state index in [1.165, 1.54) is 16.7 Å². The van der Waals surface area contributed by atoms with E-state index in [1.807, 2.05) is 13.0 Å². The predicted molar refractivity (Wildman–Crippen MR) is 120 cm³/mol. The minimum atomic E-state index is -0.108. The van der Waals surface area contributed by atoms with Crippen LogP contribution >= 0.6 is 0 Å². The third-order valence-corrected chi connectivity index (χ3v) is 5.33. The lowest BCUT2D eigenvalue weighted by Gasteiger charge is -2.24. The van der Waals surface area contributed by atoms with Crippen LogP contribution in [0.25, 0.3) is 0 Å². The summed E-state index contributed by atoms with van der Waals surface area (Å²) in [5.41, 5.74) is 6.59. The van der Waals surface area contributed by atoms with Crippen molar-refractivity contribution in [1.82, 2.24) is 0 Å². The number of aryl methyl sites for hydroxylation is 2. The van der Waals surface area contributed by atoms with Gasteiger partial charge in [0.05, 0.1) is 6.26 Å². The Morgan fingerprint density at radius 1 is 1.04 bits per heavy atom. The van der Waals surface area contributed by atoms with Crippen molar-refractivity contribution in [1.29, 1.82) is 0 Å². The van der Waals surface area contributed by atoms with Crippen molar-refractivity contribution in [2.75, 3.05) is 0 Å². The summed E-state index contributed by atoms with van der Waals surface area (Å²) in [5.74, 6) is 1.74. The first-order valence-corrected chi connectivity index (χ1v) is 10.3. The summed E-state index contributed by atoms with van der Waals surface area (Å²) in [6.45, 7) is 17.0. The number of ether oxygens (including phenoxy) is 1. The van der Waals surface area contributed by atoms with E-state index in [0.717, 1.165) is 28.9 Å². The van der Waals surface area contributed by atoms with Gasteiger partial charge in [0.1, 0.15) is 11.5 Å². The van der Waals surface area contributed by atoms with Gasteiger partial charge in [0, 0.05) is 6.42 Å². The van der Waals surface area contributed by atoms with Crippen LogP contribution in [-0.2, 0) is 11.8 Å². The van der Waals surface area contributed by atoms with E-state index in [4.69, 9.17) is 4.74 Å². The molecule has 0 saturated carbocycles. The lowest BCUT2D eigenvalue weighted by atomic mass is 9.83. The van der Waals surface area contributed by atoms with Gasteiger partial charge in [-0.1, -0.05) is 76.1 Å². The van der Waals surface area contributed by atoms with Gasteiger partial charge in [0.2, 0.25) is 0 Å². The number of hydrogen-bond acceptors (Lipinski definition) is 2. The van der Waals surface area contributed by atoms with Crippen molar-refractivity contribution in [2.45, 2.75) is 79.6 Å². The molecule has 0 radical (unpaired) electrons. The standard InChI is InChI=1S/C26H36O2/c1-9-11-28-25-21(13-17(3)14-22(25)19(5)10-2)16-20-12-18(4)15-23(24(20)27)26(6,7)8/h9,11-15,19,27H,10,16H2,1-8H3. The highest BCUT2D eigenvalue weighted by Gasteiger charge is 2.22. The third-order valence-electron chi connectivity index (χ3n) is 5.33. The predicted octanol–water partition coefficient (Wildman–Crippen LogP) is 7.32. The Labute approximate surface area is 171 Å². The number of allylic oxidation sites excluding steroid dienone is 1. The van der Waals surface area contributed by atoms with Gasteiger partial charge in [-0.2, -0.15) is 0 Å². The second-order valence-electron chi connectivity index (χ2n) is 8.99. The third kappa shape index (κ3) is 4.98. The van der Waals surface area contributed by atoms with E-state index in [-0.39, 0.29) is 5.41 Å². The molecule has 2 nitrogen and oxygen atoms in total. The fourth-order valence-corrected chi connectivity index (χ4v) is 3.64. The fourth-order valence-electron chi connectivity index (χ4n) is 3.64. The van der Waals surface area contributed by atoms with Gasteiger partial charge in [-0.3, -0.25) is 0 Å². The summed E-state index contributed by atoms with van der Waals surface area (Å²) in [7, 11) is 0. The lowest BCUT2D eigenvalue weighted by Crippen LogP contribution is -2.13. The average molecular weight is 381 g/mol. The number of hydrogen-bond donors (Lipinski definition) is 1. The van der Waals surface area contributed by atoms with E-state index < -0.39 is 0 Å². The topological polar surface area (TPSA) is 29.5 Å². The molecule has 0 spiro atoms. The minimum absolute atomic E-state index is 0.108. The zero-order valence-corrected chi connectivity index (χ0v) is 18.8. The van der Waals surface area contributed by atoms with Crippen LogP contribution in [0, 0.1) is 13.8 Å². The van der Waals surface area contributed by atoms with Crippen molar-refractivity contribution in [3.63, 3.8) is 0 Å². The summed E-state index contributed by atoms with van der Waals surface area (Å²) < 4.78 is 6.07. The summed E-state index contributed by atoms with van der Waals surface area (Å²) in [6, 6.07) is 8.60. The van der Waals surface area contributed by atoms with E-state index in [9.17, 15) is 5.11 Å². The second-order valence-corrected chi connectivity index (χ2v) is 8.99. The molecule has 0 saturated heterocycles. The SMILES string of the molecule is CC=COc1c(Cc2cc(C)cc(C(C)(C)C)c2O)cc(C)cc1C(C)CC. The Kier molecular flexibility index (Phi) is 6.98. The number of phenolic OH excluding ortho intramolecular Hbond substituents is 1. The Balaban J connectivity index is 2.63. The van der Waals surface area contributed by atoms with Crippen LogP contribution in [0.4, 0.5) is 0 Å². The molecule has 1 unspecified atom stereocenters. The van der Waals surface area contributed by atoms with Crippen LogP contribution in [0.5, 0.6) is 11.5 Å². The highest BCUT2D eigenvalue weighted by molar-refractivity contribution is 5.53. The maximum Gasteiger partial charge on any atom is 0.133 e. The molecule has 0 aliphatic rings. The van der Waals surface area contributed by atoms with Crippen LogP contribution < -0.4 is 4.74 Å². The first kappa shape index (κ1) is 22.1. The van der Waals surface area contributed by atoms with Gasteiger partial charge in [0.25, 0.3) is 0 Å². The molecule has 2 heteroatoms. The molecule has 28 heavy (non-hydrogen) atoms. The minimum Gasteiger partial charge on any atom is -0.507 e. The molecule has 0 aliphatic carbocycles. The van der Waals surface area contributed by atoms with Gasteiger partial charge in [0.15, 0.2) is 0 Å². The monoisotopic (exact) mass is 380 g/mol. The zero-order valence-electron chi connectivity index (χ0n) is 18.8. The largest absolute Gasteiger partial charge is 0.507 e. The molecule has 1 N–H and O–H groups in total. The molecule has 1 atom stereocenters. The molecule has 0 amide bonds. The molecule has 0 heterocycles. The molecular formula is C26H36O2. The highest BCUT2D eigenvalue weighted by atomic mass is 16.5. The summed E-state index contributed by atoms with van der Waals surface area (Å²) in [6.07, 6.45) is 5.36. The molecule has 0 bridgehead atoms. The first-order chi connectivity index (χ1) is 13.1. The van der Waals surface area contributed by atoms with Gasteiger partial charge in [-0.15, -0.1) is 0 Å². The van der Waals surface area contributed by atoms with Crippen molar-refractivity contribution in [3.05, 3.63) is 70.0 Å². The average Bonchev–Trinajstić information content (AvgIpc) is 2.61. The van der Waals surface area contributed by atoms with Gasteiger partial charge in [-0.25, -0.2) is 0 Å².